The third kappa shape index (κ3) is 2.74. The molecule has 0 amide bonds. The number of pyridine rings is 1. The maximum atomic E-state index is 9.84. The lowest BCUT2D eigenvalue weighted by Crippen LogP contribution is -2.37. The second-order valence-electron chi connectivity index (χ2n) is 6.01. The molecule has 4 rings (SSSR count). The van der Waals surface area contributed by atoms with Crippen molar-refractivity contribution < 1.29 is 9.84 Å². The number of fused-ring (bicyclic) bond motifs is 1. The summed E-state index contributed by atoms with van der Waals surface area (Å²) in [5.41, 5.74) is 5.12. The molecule has 0 spiro atoms. The Morgan fingerprint density at radius 2 is 2.16 bits per heavy atom. The van der Waals surface area contributed by atoms with Crippen LogP contribution in [0.5, 0.6) is 0 Å². The number of anilines is 1. The molecule has 6 heteroatoms. The van der Waals surface area contributed by atoms with Gasteiger partial charge in [0.2, 0.25) is 0 Å². The van der Waals surface area contributed by atoms with Gasteiger partial charge in [-0.3, -0.25) is 0 Å². The van der Waals surface area contributed by atoms with Crippen molar-refractivity contribution in [2.45, 2.75) is 6.61 Å². The number of nitriles is 1. The van der Waals surface area contributed by atoms with Gasteiger partial charge in [-0.15, -0.1) is 0 Å². The summed E-state index contributed by atoms with van der Waals surface area (Å²) in [7, 11) is 0. The topological polar surface area (TPSA) is 85.2 Å². The van der Waals surface area contributed by atoms with Crippen LogP contribution in [0.4, 0.5) is 5.69 Å². The Balaban J connectivity index is 1.95. The molecule has 1 aromatic carbocycles. The molecule has 1 fully saturated rings. The number of hydrogen-bond donors (Lipinski definition) is 2. The first-order valence-corrected chi connectivity index (χ1v) is 8.25. The van der Waals surface area contributed by atoms with Crippen molar-refractivity contribution in [1.82, 2.24) is 9.97 Å². The average Bonchev–Trinajstić information content (AvgIpc) is 3.12. The molecule has 1 aliphatic rings. The zero-order valence-corrected chi connectivity index (χ0v) is 13.7. The van der Waals surface area contributed by atoms with Gasteiger partial charge < -0.3 is 19.7 Å². The van der Waals surface area contributed by atoms with Gasteiger partial charge in [-0.25, -0.2) is 4.98 Å². The van der Waals surface area contributed by atoms with E-state index < -0.39 is 0 Å². The lowest BCUT2D eigenvalue weighted by Gasteiger charge is -2.31. The van der Waals surface area contributed by atoms with Crippen molar-refractivity contribution in [1.29, 1.82) is 5.26 Å². The molecule has 2 N–H and O–H groups in total. The summed E-state index contributed by atoms with van der Waals surface area (Å²) in [5, 5.41) is 20.0. The quantitative estimate of drug-likeness (QED) is 0.768. The summed E-state index contributed by atoms with van der Waals surface area (Å²) in [5.74, 6) is 0. The van der Waals surface area contributed by atoms with Gasteiger partial charge in [0, 0.05) is 36.6 Å². The first-order chi connectivity index (χ1) is 12.3. The number of aromatic nitrogens is 2. The number of nitrogens with zero attached hydrogens (tertiary/aromatic N) is 3. The summed E-state index contributed by atoms with van der Waals surface area (Å²) in [4.78, 5) is 9.92. The van der Waals surface area contributed by atoms with Gasteiger partial charge in [0.15, 0.2) is 0 Å². The molecular formula is C19H18N4O2. The Labute approximate surface area is 145 Å². The van der Waals surface area contributed by atoms with Crippen molar-refractivity contribution in [2.24, 2.45) is 0 Å². The Bertz CT molecular complexity index is 952. The van der Waals surface area contributed by atoms with E-state index >= 15 is 0 Å². The minimum Gasteiger partial charge on any atom is -0.392 e. The molecule has 0 saturated carbocycles. The second kappa shape index (κ2) is 6.55. The summed E-state index contributed by atoms with van der Waals surface area (Å²) >= 11 is 0. The summed E-state index contributed by atoms with van der Waals surface area (Å²) < 4.78 is 5.47. The van der Waals surface area contributed by atoms with Crippen molar-refractivity contribution >= 4 is 16.7 Å². The third-order valence-electron chi connectivity index (χ3n) is 4.55. The van der Waals surface area contributed by atoms with Crippen LogP contribution in [0.15, 0.2) is 36.7 Å². The third-order valence-corrected chi connectivity index (χ3v) is 4.55. The number of ether oxygens (including phenoxy) is 1. The highest BCUT2D eigenvalue weighted by Crippen LogP contribution is 2.37. The monoisotopic (exact) mass is 334 g/mol. The molecule has 0 atom stereocenters. The van der Waals surface area contributed by atoms with Crippen LogP contribution in [-0.4, -0.2) is 41.4 Å². The number of aliphatic hydroxyl groups excluding tert-OH is 1. The molecule has 126 valence electrons. The number of morpholine rings is 1. The van der Waals surface area contributed by atoms with E-state index in [2.05, 4.69) is 20.9 Å². The first kappa shape index (κ1) is 15.6. The van der Waals surface area contributed by atoms with E-state index in [1.54, 1.807) is 12.3 Å². The van der Waals surface area contributed by atoms with E-state index in [-0.39, 0.29) is 6.61 Å². The van der Waals surface area contributed by atoms with Crippen molar-refractivity contribution in [3.8, 4) is 17.2 Å². The molecule has 2 aromatic heterocycles. The van der Waals surface area contributed by atoms with Crippen LogP contribution >= 0.6 is 0 Å². The summed E-state index contributed by atoms with van der Waals surface area (Å²) in [6.07, 6.45) is 3.64. The van der Waals surface area contributed by atoms with E-state index in [1.807, 2.05) is 24.4 Å². The van der Waals surface area contributed by atoms with Crippen LogP contribution in [0.25, 0.3) is 22.2 Å². The van der Waals surface area contributed by atoms with Crippen molar-refractivity contribution in [2.75, 3.05) is 31.2 Å². The molecular weight excluding hydrogens is 316 g/mol. The summed E-state index contributed by atoms with van der Waals surface area (Å²) in [6, 6.07) is 9.71. The van der Waals surface area contributed by atoms with Crippen LogP contribution in [0.1, 0.15) is 11.1 Å². The van der Waals surface area contributed by atoms with Gasteiger partial charge in [-0.1, -0.05) is 12.1 Å². The SMILES string of the molecule is N#Cc1cccc(-c2c[nH]c3ncc(CO)c(N4CCOCC4)c23)c1. The minimum absolute atomic E-state index is 0.0709. The smallest absolute Gasteiger partial charge is 0.139 e. The number of H-pyrrole nitrogens is 1. The number of nitrogens with one attached hydrogen (secondary N) is 1. The molecule has 3 aromatic rings. The van der Waals surface area contributed by atoms with Crippen LogP contribution < -0.4 is 4.90 Å². The van der Waals surface area contributed by atoms with E-state index in [0.29, 0.717) is 18.8 Å². The average molecular weight is 334 g/mol. The van der Waals surface area contributed by atoms with Crippen LogP contribution in [0, 0.1) is 11.3 Å². The highest BCUT2D eigenvalue weighted by Gasteiger charge is 2.21. The fraction of sp³-hybridized carbons (Fsp3) is 0.263. The van der Waals surface area contributed by atoms with E-state index in [1.165, 1.54) is 0 Å². The lowest BCUT2D eigenvalue weighted by atomic mass is 10.0. The van der Waals surface area contributed by atoms with E-state index in [9.17, 15) is 10.4 Å². The second-order valence-corrected chi connectivity index (χ2v) is 6.01. The molecule has 0 aliphatic carbocycles. The highest BCUT2D eigenvalue weighted by atomic mass is 16.5. The Morgan fingerprint density at radius 3 is 2.92 bits per heavy atom. The highest BCUT2D eigenvalue weighted by molar-refractivity contribution is 6.03. The standard InChI is InChI=1S/C19H18N4O2/c20-9-13-2-1-3-14(8-13)16-11-22-19-17(16)18(15(12-24)10-21-19)23-4-6-25-7-5-23/h1-3,8,10-11,24H,4-7,12H2,(H,21,22). The zero-order chi connectivity index (χ0) is 17.2. The van der Waals surface area contributed by atoms with E-state index in [0.717, 1.165) is 46.5 Å². The Hall–Kier alpha value is -2.88. The number of aromatic amines is 1. The van der Waals surface area contributed by atoms with Crippen LogP contribution in [0.3, 0.4) is 0 Å². The summed E-state index contributed by atoms with van der Waals surface area (Å²) in [6.45, 7) is 2.80. The fourth-order valence-electron chi connectivity index (χ4n) is 3.37. The fourth-order valence-corrected chi connectivity index (χ4v) is 3.37. The Kier molecular flexibility index (Phi) is 4.10. The molecule has 0 bridgehead atoms. The van der Waals surface area contributed by atoms with Crippen LogP contribution in [-0.2, 0) is 11.3 Å². The van der Waals surface area contributed by atoms with Gasteiger partial charge in [0.1, 0.15) is 5.65 Å². The number of hydrogen-bond acceptors (Lipinski definition) is 5. The van der Waals surface area contributed by atoms with Gasteiger partial charge in [0.25, 0.3) is 0 Å². The number of rotatable bonds is 3. The molecule has 25 heavy (non-hydrogen) atoms. The lowest BCUT2D eigenvalue weighted by molar-refractivity contribution is 0.122. The van der Waals surface area contributed by atoms with Crippen molar-refractivity contribution in [3.63, 3.8) is 0 Å². The molecule has 1 aliphatic heterocycles. The molecule has 0 radical (unpaired) electrons. The molecule has 0 unspecified atom stereocenters. The first-order valence-electron chi connectivity index (χ1n) is 8.25. The van der Waals surface area contributed by atoms with Gasteiger partial charge in [-0.2, -0.15) is 5.26 Å². The van der Waals surface area contributed by atoms with Crippen LogP contribution in [0.2, 0.25) is 0 Å². The Morgan fingerprint density at radius 1 is 1.32 bits per heavy atom. The zero-order valence-electron chi connectivity index (χ0n) is 13.7. The molecule has 1 saturated heterocycles. The normalized spacial score (nSPS) is 14.6. The van der Waals surface area contributed by atoms with Gasteiger partial charge in [0.05, 0.1) is 42.5 Å². The van der Waals surface area contributed by atoms with Crippen molar-refractivity contribution in [3.05, 3.63) is 47.8 Å². The van der Waals surface area contributed by atoms with Gasteiger partial charge in [-0.05, 0) is 17.7 Å². The number of aliphatic hydroxyl groups is 1. The molecule has 3 heterocycles. The number of benzene rings is 1. The van der Waals surface area contributed by atoms with E-state index in [4.69, 9.17) is 4.74 Å². The van der Waals surface area contributed by atoms with Gasteiger partial charge >= 0.3 is 0 Å². The maximum absolute atomic E-state index is 9.84. The largest absolute Gasteiger partial charge is 0.392 e. The molecule has 6 nitrogen and oxygen atoms in total. The maximum Gasteiger partial charge on any atom is 0.139 e. The predicted octanol–water partition coefficient (Wildman–Crippen LogP) is 2.43. The predicted molar refractivity (Wildman–Crippen MR) is 95.2 cm³/mol. The minimum atomic E-state index is -0.0709.